The fraction of sp³-hybridized carbons (Fsp3) is 0.100. The van der Waals surface area contributed by atoms with Crippen molar-refractivity contribution >= 4 is 21.9 Å². The SMILES string of the molecule is COC(=O)c1[nH]nnc1-c1ccc(Br)cc1. The molecule has 0 amide bonds. The number of hydrogen-bond donors (Lipinski definition) is 1. The average molecular weight is 282 g/mol. The van der Waals surface area contributed by atoms with Crippen molar-refractivity contribution in [1.82, 2.24) is 15.4 Å². The minimum absolute atomic E-state index is 0.254. The van der Waals surface area contributed by atoms with Crippen LogP contribution in [0.2, 0.25) is 0 Å². The van der Waals surface area contributed by atoms with Gasteiger partial charge in [-0.2, -0.15) is 0 Å². The summed E-state index contributed by atoms with van der Waals surface area (Å²) in [7, 11) is 1.31. The van der Waals surface area contributed by atoms with Gasteiger partial charge in [0.2, 0.25) is 0 Å². The van der Waals surface area contributed by atoms with Crippen LogP contribution in [0.1, 0.15) is 10.5 Å². The van der Waals surface area contributed by atoms with Crippen LogP contribution in [0.5, 0.6) is 0 Å². The standard InChI is InChI=1S/C10H8BrN3O2/c1-16-10(15)9-8(12-14-13-9)6-2-4-7(11)5-3-6/h2-5H,1H3,(H,12,13,14). The van der Waals surface area contributed by atoms with Crippen molar-refractivity contribution in [2.45, 2.75) is 0 Å². The zero-order valence-corrected chi connectivity index (χ0v) is 9.98. The fourth-order valence-corrected chi connectivity index (χ4v) is 1.55. The van der Waals surface area contributed by atoms with Gasteiger partial charge in [0.25, 0.3) is 0 Å². The first-order chi connectivity index (χ1) is 7.72. The molecule has 1 N–H and O–H groups in total. The van der Waals surface area contributed by atoms with Crippen LogP contribution in [0.25, 0.3) is 11.3 Å². The van der Waals surface area contributed by atoms with Crippen molar-refractivity contribution in [3.05, 3.63) is 34.4 Å². The van der Waals surface area contributed by atoms with Gasteiger partial charge in [-0.1, -0.05) is 33.3 Å². The van der Waals surface area contributed by atoms with E-state index in [9.17, 15) is 4.79 Å². The number of nitrogens with one attached hydrogen (secondary N) is 1. The number of hydrogen-bond acceptors (Lipinski definition) is 4. The summed E-state index contributed by atoms with van der Waals surface area (Å²) in [6, 6.07) is 7.42. The van der Waals surface area contributed by atoms with Crippen molar-refractivity contribution < 1.29 is 9.53 Å². The number of rotatable bonds is 2. The molecule has 1 heterocycles. The number of nitrogens with zero attached hydrogens (tertiary/aromatic N) is 2. The van der Waals surface area contributed by atoms with Crippen LogP contribution >= 0.6 is 15.9 Å². The van der Waals surface area contributed by atoms with Crippen LogP contribution in [0, 0.1) is 0 Å². The highest BCUT2D eigenvalue weighted by Crippen LogP contribution is 2.22. The van der Waals surface area contributed by atoms with Crippen molar-refractivity contribution in [3.63, 3.8) is 0 Å². The molecule has 6 heteroatoms. The molecule has 0 aliphatic rings. The zero-order chi connectivity index (χ0) is 11.5. The molecule has 0 atom stereocenters. The molecule has 2 rings (SSSR count). The van der Waals surface area contributed by atoms with E-state index in [4.69, 9.17) is 0 Å². The van der Waals surface area contributed by atoms with E-state index in [2.05, 4.69) is 36.1 Å². The molecule has 1 aromatic heterocycles. The number of methoxy groups -OCH3 is 1. The summed E-state index contributed by atoms with van der Waals surface area (Å²) in [6.45, 7) is 0. The normalized spacial score (nSPS) is 10.1. The second-order valence-electron chi connectivity index (χ2n) is 3.03. The van der Waals surface area contributed by atoms with Gasteiger partial charge in [0, 0.05) is 10.0 Å². The number of esters is 1. The van der Waals surface area contributed by atoms with Crippen molar-refractivity contribution in [3.8, 4) is 11.3 Å². The Hall–Kier alpha value is -1.69. The number of carbonyl (C=O) groups is 1. The van der Waals surface area contributed by atoms with Gasteiger partial charge in [0.15, 0.2) is 5.69 Å². The van der Waals surface area contributed by atoms with E-state index >= 15 is 0 Å². The molecule has 0 aliphatic carbocycles. The molecular weight excluding hydrogens is 274 g/mol. The lowest BCUT2D eigenvalue weighted by Gasteiger charge is -1.99. The van der Waals surface area contributed by atoms with Gasteiger partial charge in [-0.05, 0) is 12.1 Å². The van der Waals surface area contributed by atoms with Gasteiger partial charge in [-0.25, -0.2) is 4.79 Å². The Morgan fingerprint density at radius 2 is 2.06 bits per heavy atom. The molecule has 0 fully saturated rings. The molecule has 0 spiro atoms. The highest BCUT2D eigenvalue weighted by molar-refractivity contribution is 9.10. The maximum Gasteiger partial charge on any atom is 0.358 e. The number of aromatic nitrogens is 3. The van der Waals surface area contributed by atoms with Gasteiger partial charge >= 0.3 is 5.97 Å². The van der Waals surface area contributed by atoms with Crippen LogP contribution in [0.3, 0.4) is 0 Å². The fourth-order valence-electron chi connectivity index (χ4n) is 1.28. The van der Waals surface area contributed by atoms with Crippen LogP contribution in [-0.4, -0.2) is 28.5 Å². The van der Waals surface area contributed by atoms with Crippen LogP contribution in [-0.2, 0) is 4.74 Å². The quantitative estimate of drug-likeness (QED) is 0.856. The third-order valence-corrected chi connectivity index (χ3v) is 2.58. The summed E-state index contributed by atoms with van der Waals surface area (Å²) >= 11 is 3.33. The lowest BCUT2D eigenvalue weighted by Crippen LogP contribution is -2.03. The highest BCUT2D eigenvalue weighted by atomic mass is 79.9. The monoisotopic (exact) mass is 281 g/mol. The summed E-state index contributed by atoms with van der Waals surface area (Å²) in [6.07, 6.45) is 0. The van der Waals surface area contributed by atoms with E-state index in [1.807, 2.05) is 24.3 Å². The van der Waals surface area contributed by atoms with Gasteiger partial charge in [0.1, 0.15) is 5.69 Å². The van der Waals surface area contributed by atoms with E-state index in [0.29, 0.717) is 5.69 Å². The number of H-pyrrole nitrogens is 1. The minimum atomic E-state index is -0.483. The van der Waals surface area contributed by atoms with E-state index < -0.39 is 5.97 Å². The first-order valence-corrected chi connectivity index (χ1v) is 5.27. The number of ether oxygens (including phenoxy) is 1. The van der Waals surface area contributed by atoms with Gasteiger partial charge < -0.3 is 4.74 Å². The van der Waals surface area contributed by atoms with Crippen molar-refractivity contribution in [1.29, 1.82) is 0 Å². The second kappa shape index (κ2) is 4.44. The van der Waals surface area contributed by atoms with E-state index in [-0.39, 0.29) is 5.69 Å². The summed E-state index contributed by atoms with van der Waals surface area (Å²) < 4.78 is 5.58. The molecule has 0 radical (unpaired) electrons. The molecule has 16 heavy (non-hydrogen) atoms. The lowest BCUT2D eigenvalue weighted by molar-refractivity contribution is 0.0595. The van der Waals surface area contributed by atoms with Crippen LogP contribution in [0.15, 0.2) is 28.7 Å². The summed E-state index contributed by atoms with van der Waals surface area (Å²) in [5.41, 5.74) is 1.54. The molecule has 0 saturated carbocycles. The second-order valence-corrected chi connectivity index (χ2v) is 3.95. The lowest BCUT2D eigenvalue weighted by atomic mass is 10.1. The Balaban J connectivity index is 2.44. The van der Waals surface area contributed by atoms with E-state index in [1.54, 1.807) is 0 Å². The van der Waals surface area contributed by atoms with Crippen molar-refractivity contribution in [2.75, 3.05) is 7.11 Å². The number of benzene rings is 1. The predicted molar refractivity (Wildman–Crippen MR) is 60.9 cm³/mol. The number of aromatic amines is 1. The molecule has 2 aromatic rings. The number of halogens is 1. The summed E-state index contributed by atoms with van der Waals surface area (Å²) in [5, 5.41) is 9.99. The summed E-state index contributed by atoms with van der Waals surface area (Å²) in [5.74, 6) is -0.483. The molecule has 82 valence electrons. The van der Waals surface area contributed by atoms with Gasteiger partial charge in [-0.15, -0.1) is 5.10 Å². The van der Waals surface area contributed by atoms with Gasteiger partial charge in [-0.3, -0.25) is 5.10 Å². The minimum Gasteiger partial charge on any atom is -0.464 e. The Bertz CT molecular complexity index is 507. The Morgan fingerprint density at radius 3 is 2.69 bits per heavy atom. The molecule has 0 bridgehead atoms. The maximum absolute atomic E-state index is 11.4. The zero-order valence-electron chi connectivity index (χ0n) is 8.40. The average Bonchev–Trinajstić information content (AvgIpc) is 2.78. The first kappa shape index (κ1) is 10.8. The molecule has 0 saturated heterocycles. The van der Waals surface area contributed by atoms with Crippen molar-refractivity contribution in [2.24, 2.45) is 0 Å². The molecular formula is C10H8BrN3O2. The topological polar surface area (TPSA) is 67.9 Å². The molecule has 0 unspecified atom stereocenters. The Labute approximate surface area is 99.9 Å². The highest BCUT2D eigenvalue weighted by Gasteiger charge is 2.17. The third kappa shape index (κ3) is 1.96. The van der Waals surface area contributed by atoms with Crippen LogP contribution in [0.4, 0.5) is 0 Å². The molecule has 1 aromatic carbocycles. The maximum atomic E-state index is 11.4. The summed E-state index contributed by atoms with van der Waals surface area (Å²) in [4.78, 5) is 11.4. The largest absolute Gasteiger partial charge is 0.464 e. The first-order valence-electron chi connectivity index (χ1n) is 4.47. The van der Waals surface area contributed by atoms with Gasteiger partial charge in [0.05, 0.1) is 7.11 Å². The van der Waals surface area contributed by atoms with E-state index in [0.717, 1.165) is 10.0 Å². The smallest absolute Gasteiger partial charge is 0.358 e. The van der Waals surface area contributed by atoms with E-state index in [1.165, 1.54) is 7.11 Å². The molecule has 5 nitrogen and oxygen atoms in total. The third-order valence-electron chi connectivity index (χ3n) is 2.06. The predicted octanol–water partition coefficient (Wildman–Crippen LogP) is 2.02. The Morgan fingerprint density at radius 1 is 1.38 bits per heavy atom. The number of carbonyl (C=O) groups excluding carboxylic acids is 1. The molecule has 0 aliphatic heterocycles. The van der Waals surface area contributed by atoms with Crippen LogP contribution < -0.4 is 0 Å². The Kier molecular flexibility index (Phi) is 3.00.